The van der Waals surface area contributed by atoms with Crippen molar-refractivity contribution in [3.63, 3.8) is 0 Å². The summed E-state index contributed by atoms with van der Waals surface area (Å²) in [6.45, 7) is 5.87. The van der Waals surface area contributed by atoms with Crippen LogP contribution in [0.15, 0.2) is 0 Å². The monoisotopic (exact) mass is 286 g/mol. The van der Waals surface area contributed by atoms with Crippen LogP contribution in [0.5, 0.6) is 0 Å². The van der Waals surface area contributed by atoms with Gasteiger partial charge >= 0.3 is 5.97 Å². The van der Waals surface area contributed by atoms with Crippen molar-refractivity contribution in [1.29, 1.82) is 0 Å². The summed E-state index contributed by atoms with van der Waals surface area (Å²) in [6.07, 6.45) is 2.89. The number of hydrogen-bond donors (Lipinski definition) is 1. The molecule has 0 heterocycles. The number of methoxy groups -OCH3 is 1. The molecule has 0 atom stereocenters. The Balaban J connectivity index is 3.96. The maximum absolute atomic E-state index is 12.0. The highest BCUT2D eigenvalue weighted by Crippen LogP contribution is 2.07. The third kappa shape index (κ3) is 8.50. The molecule has 0 spiro atoms. The average molecular weight is 286 g/mol. The van der Waals surface area contributed by atoms with E-state index in [1.165, 1.54) is 18.9 Å². The van der Waals surface area contributed by atoms with Gasteiger partial charge in [-0.1, -0.05) is 6.42 Å². The van der Waals surface area contributed by atoms with Gasteiger partial charge < -0.3 is 15.0 Å². The largest absolute Gasteiger partial charge is 0.468 e. The van der Waals surface area contributed by atoms with Gasteiger partial charge in [0, 0.05) is 25.9 Å². The van der Waals surface area contributed by atoms with Gasteiger partial charge in [0.2, 0.25) is 11.8 Å². The Kier molecular flexibility index (Phi) is 9.41. The average Bonchev–Trinajstić information content (AvgIpc) is 2.38. The highest BCUT2D eigenvalue weighted by molar-refractivity contribution is 5.82. The molecule has 0 fully saturated rings. The Labute approximate surface area is 120 Å². The first kappa shape index (κ1) is 18.4. The van der Waals surface area contributed by atoms with Gasteiger partial charge in [0.1, 0.15) is 6.54 Å². The van der Waals surface area contributed by atoms with Crippen LogP contribution in [0.1, 0.15) is 46.5 Å². The highest BCUT2D eigenvalue weighted by atomic mass is 16.5. The molecule has 0 aliphatic carbocycles. The molecule has 0 saturated carbocycles. The topological polar surface area (TPSA) is 75.7 Å². The van der Waals surface area contributed by atoms with Crippen LogP contribution in [0, 0.1) is 0 Å². The van der Waals surface area contributed by atoms with Crippen LogP contribution in [-0.2, 0) is 19.1 Å². The molecular formula is C14H26N2O4. The molecule has 0 bridgehead atoms. The number of hydrogen-bond acceptors (Lipinski definition) is 4. The molecule has 0 aromatic carbocycles. The van der Waals surface area contributed by atoms with E-state index in [1.54, 1.807) is 0 Å². The summed E-state index contributed by atoms with van der Waals surface area (Å²) in [7, 11) is 1.31. The smallest absolute Gasteiger partial charge is 0.325 e. The molecule has 0 saturated heterocycles. The maximum atomic E-state index is 12.0. The van der Waals surface area contributed by atoms with E-state index < -0.39 is 5.97 Å². The number of amides is 2. The van der Waals surface area contributed by atoms with E-state index in [0.29, 0.717) is 13.0 Å². The first-order chi connectivity index (χ1) is 9.38. The van der Waals surface area contributed by atoms with Crippen molar-refractivity contribution in [1.82, 2.24) is 10.2 Å². The van der Waals surface area contributed by atoms with Gasteiger partial charge in [-0.25, -0.2) is 0 Å². The van der Waals surface area contributed by atoms with Gasteiger partial charge in [-0.2, -0.15) is 0 Å². The highest BCUT2D eigenvalue weighted by Gasteiger charge is 2.19. The van der Waals surface area contributed by atoms with Crippen molar-refractivity contribution in [2.24, 2.45) is 0 Å². The molecule has 116 valence electrons. The molecule has 0 aromatic heterocycles. The van der Waals surface area contributed by atoms with Crippen LogP contribution in [0.2, 0.25) is 0 Å². The van der Waals surface area contributed by atoms with Crippen molar-refractivity contribution < 1.29 is 19.1 Å². The summed E-state index contributed by atoms with van der Waals surface area (Å²) < 4.78 is 4.59. The number of esters is 1. The lowest BCUT2D eigenvalue weighted by atomic mass is 10.1. The molecule has 0 radical (unpaired) electrons. The molecule has 0 aliphatic heterocycles. The minimum atomic E-state index is -0.405. The number of ether oxygens (including phenoxy) is 1. The molecule has 0 unspecified atom stereocenters. The van der Waals surface area contributed by atoms with Crippen LogP contribution < -0.4 is 5.32 Å². The summed E-state index contributed by atoms with van der Waals surface area (Å²) in [5.74, 6) is -0.479. The van der Waals surface area contributed by atoms with E-state index >= 15 is 0 Å². The number of unbranched alkanes of at least 4 members (excludes halogenated alkanes) is 2. The molecule has 0 aromatic rings. The normalized spacial score (nSPS) is 10.2. The van der Waals surface area contributed by atoms with Crippen molar-refractivity contribution in [2.75, 3.05) is 20.2 Å². The predicted molar refractivity (Wildman–Crippen MR) is 76.0 cm³/mol. The van der Waals surface area contributed by atoms with Gasteiger partial charge in [0.15, 0.2) is 0 Å². The lowest BCUT2D eigenvalue weighted by molar-refractivity contribution is -0.148. The minimum Gasteiger partial charge on any atom is -0.468 e. The summed E-state index contributed by atoms with van der Waals surface area (Å²) in [4.78, 5) is 35.5. The van der Waals surface area contributed by atoms with Crippen LogP contribution in [-0.4, -0.2) is 48.9 Å². The fourth-order valence-electron chi connectivity index (χ4n) is 1.75. The Bertz CT molecular complexity index is 329. The molecule has 6 nitrogen and oxygen atoms in total. The Morgan fingerprint density at radius 1 is 1.15 bits per heavy atom. The molecule has 20 heavy (non-hydrogen) atoms. The molecule has 0 rings (SSSR count). The predicted octanol–water partition coefficient (Wildman–Crippen LogP) is 1.09. The third-order valence-corrected chi connectivity index (χ3v) is 2.91. The summed E-state index contributed by atoms with van der Waals surface area (Å²) in [5, 5.41) is 2.71. The van der Waals surface area contributed by atoms with Crippen LogP contribution in [0.4, 0.5) is 0 Å². The fraction of sp³-hybridized carbons (Fsp3) is 0.786. The first-order valence-electron chi connectivity index (χ1n) is 6.99. The number of carbonyl (C=O) groups excluding carboxylic acids is 3. The quantitative estimate of drug-likeness (QED) is 0.508. The Morgan fingerprint density at radius 3 is 2.30 bits per heavy atom. The van der Waals surface area contributed by atoms with Crippen LogP contribution >= 0.6 is 0 Å². The standard InChI is InChI=1S/C14H26N2O4/c1-11(2)16(10-14(19)20-4)13(18)8-6-5-7-9-15-12(3)17/h11H,5-10H2,1-4H3,(H,15,17). The maximum Gasteiger partial charge on any atom is 0.325 e. The zero-order chi connectivity index (χ0) is 15.5. The van der Waals surface area contributed by atoms with E-state index in [0.717, 1.165) is 19.3 Å². The molecule has 1 N–H and O–H groups in total. The van der Waals surface area contributed by atoms with Crippen molar-refractivity contribution >= 4 is 17.8 Å². The summed E-state index contributed by atoms with van der Waals surface area (Å²) in [5.41, 5.74) is 0. The number of nitrogens with one attached hydrogen (secondary N) is 1. The lowest BCUT2D eigenvalue weighted by Crippen LogP contribution is -2.40. The Morgan fingerprint density at radius 2 is 1.80 bits per heavy atom. The zero-order valence-electron chi connectivity index (χ0n) is 12.9. The number of nitrogens with zero attached hydrogens (tertiary/aromatic N) is 1. The summed E-state index contributed by atoms with van der Waals surface area (Å²) in [6, 6.07) is -0.0269. The van der Waals surface area contributed by atoms with E-state index in [-0.39, 0.29) is 24.4 Å². The molecular weight excluding hydrogens is 260 g/mol. The van der Waals surface area contributed by atoms with Crippen LogP contribution in [0.3, 0.4) is 0 Å². The number of rotatable bonds is 9. The molecule has 0 aliphatic rings. The number of carbonyl (C=O) groups is 3. The van der Waals surface area contributed by atoms with Crippen molar-refractivity contribution in [3.8, 4) is 0 Å². The second-order valence-corrected chi connectivity index (χ2v) is 4.99. The van der Waals surface area contributed by atoms with Gasteiger partial charge in [0.25, 0.3) is 0 Å². The fourth-order valence-corrected chi connectivity index (χ4v) is 1.75. The van der Waals surface area contributed by atoms with E-state index in [2.05, 4.69) is 10.1 Å². The Hall–Kier alpha value is -1.59. The minimum absolute atomic E-state index is 0.00110. The van der Waals surface area contributed by atoms with E-state index in [9.17, 15) is 14.4 Å². The van der Waals surface area contributed by atoms with Crippen LogP contribution in [0.25, 0.3) is 0 Å². The van der Waals surface area contributed by atoms with Crippen molar-refractivity contribution in [3.05, 3.63) is 0 Å². The second-order valence-electron chi connectivity index (χ2n) is 4.99. The zero-order valence-corrected chi connectivity index (χ0v) is 12.9. The lowest BCUT2D eigenvalue weighted by Gasteiger charge is -2.25. The van der Waals surface area contributed by atoms with Crippen molar-refractivity contribution in [2.45, 2.75) is 52.5 Å². The van der Waals surface area contributed by atoms with E-state index in [4.69, 9.17) is 0 Å². The first-order valence-corrected chi connectivity index (χ1v) is 6.99. The van der Waals surface area contributed by atoms with Gasteiger partial charge in [-0.05, 0) is 26.7 Å². The SMILES string of the molecule is COC(=O)CN(C(=O)CCCCCNC(C)=O)C(C)C. The second kappa shape index (κ2) is 10.2. The van der Waals surface area contributed by atoms with E-state index in [1.807, 2.05) is 13.8 Å². The molecule has 6 heteroatoms. The third-order valence-electron chi connectivity index (χ3n) is 2.91. The van der Waals surface area contributed by atoms with Gasteiger partial charge in [-0.3, -0.25) is 14.4 Å². The van der Waals surface area contributed by atoms with Gasteiger partial charge in [-0.15, -0.1) is 0 Å². The summed E-state index contributed by atoms with van der Waals surface area (Å²) >= 11 is 0. The molecule has 2 amide bonds. The van der Waals surface area contributed by atoms with Gasteiger partial charge in [0.05, 0.1) is 7.11 Å².